The summed E-state index contributed by atoms with van der Waals surface area (Å²) in [6, 6.07) is 10.5. The van der Waals surface area contributed by atoms with E-state index in [0.29, 0.717) is 18.9 Å². The summed E-state index contributed by atoms with van der Waals surface area (Å²) in [5.74, 6) is 0.857. The van der Waals surface area contributed by atoms with Crippen LogP contribution in [-0.4, -0.2) is 64.1 Å². The number of ether oxygens (including phenoxy) is 1. The minimum absolute atomic E-state index is 0.0246. The van der Waals surface area contributed by atoms with Gasteiger partial charge in [-0.15, -0.1) is 23.1 Å². The van der Waals surface area contributed by atoms with Gasteiger partial charge in [0.1, 0.15) is 12.4 Å². The number of hydrogen-bond donors (Lipinski definition) is 0. The van der Waals surface area contributed by atoms with E-state index in [1.165, 1.54) is 4.88 Å². The highest BCUT2D eigenvalue weighted by Crippen LogP contribution is 2.49. The van der Waals surface area contributed by atoms with Crippen LogP contribution in [0.4, 0.5) is 5.82 Å². The highest BCUT2D eigenvalue weighted by atomic mass is 32.2. The second-order valence-corrected chi connectivity index (χ2v) is 13.9. The minimum atomic E-state index is -0.276. The molecule has 2 amide bonds. The van der Waals surface area contributed by atoms with Crippen LogP contribution in [0.25, 0.3) is 5.69 Å². The normalized spacial score (nSPS) is 22.1. The van der Waals surface area contributed by atoms with Gasteiger partial charge in [0.15, 0.2) is 0 Å². The number of hydrogen-bond acceptors (Lipinski definition) is 6. The highest BCUT2D eigenvalue weighted by Gasteiger charge is 2.41. The van der Waals surface area contributed by atoms with Crippen molar-refractivity contribution in [2.45, 2.75) is 71.3 Å². The SMILES string of the molecule is Cc1ccc(-n2nc(C(C)(C)C)c3c2N(CC(=O)N2CC(C)OC(C)C2)C(=O)CSC3c2cccs2)c(C)c1. The Morgan fingerprint density at radius 1 is 1.13 bits per heavy atom. The smallest absolute Gasteiger partial charge is 0.242 e. The van der Waals surface area contributed by atoms with E-state index in [1.54, 1.807) is 28.0 Å². The van der Waals surface area contributed by atoms with E-state index in [-0.39, 0.29) is 47.0 Å². The molecular weight excluding hydrogens is 528 g/mol. The first-order chi connectivity index (χ1) is 18.4. The van der Waals surface area contributed by atoms with Crippen molar-refractivity contribution in [3.05, 3.63) is 63.0 Å². The lowest BCUT2D eigenvalue weighted by Gasteiger charge is -2.36. The van der Waals surface area contributed by atoms with Gasteiger partial charge in [-0.2, -0.15) is 5.10 Å². The van der Waals surface area contributed by atoms with Crippen LogP contribution in [0, 0.1) is 13.8 Å². The average molecular weight is 567 g/mol. The predicted molar refractivity (Wildman–Crippen MR) is 159 cm³/mol. The van der Waals surface area contributed by atoms with Gasteiger partial charge in [-0.3, -0.25) is 14.5 Å². The number of fused-ring (bicyclic) bond motifs is 1. The summed E-state index contributed by atoms with van der Waals surface area (Å²) in [5.41, 5.74) is 4.85. The molecule has 3 unspecified atom stereocenters. The third-order valence-electron chi connectivity index (χ3n) is 7.25. The Bertz CT molecular complexity index is 1370. The summed E-state index contributed by atoms with van der Waals surface area (Å²) in [5, 5.41) is 7.25. The lowest BCUT2D eigenvalue weighted by molar-refractivity contribution is -0.142. The zero-order valence-electron chi connectivity index (χ0n) is 23.9. The van der Waals surface area contributed by atoms with E-state index in [9.17, 15) is 9.59 Å². The number of nitrogens with zero attached hydrogens (tertiary/aromatic N) is 4. The van der Waals surface area contributed by atoms with E-state index < -0.39 is 0 Å². The fraction of sp³-hybridized carbons (Fsp3) is 0.500. The molecule has 4 heterocycles. The first-order valence-corrected chi connectivity index (χ1v) is 15.5. The molecule has 0 saturated carbocycles. The second-order valence-electron chi connectivity index (χ2n) is 11.8. The van der Waals surface area contributed by atoms with Crippen molar-refractivity contribution >= 4 is 40.7 Å². The maximum absolute atomic E-state index is 13.9. The zero-order valence-corrected chi connectivity index (χ0v) is 25.5. The van der Waals surface area contributed by atoms with Crippen LogP contribution >= 0.6 is 23.1 Å². The summed E-state index contributed by atoms with van der Waals surface area (Å²) in [7, 11) is 0. The molecule has 3 aromatic rings. The zero-order chi connectivity index (χ0) is 28.1. The van der Waals surface area contributed by atoms with E-state index in [4.69, 9.17) is 9.84 Å². The van der Waals surface area contributed by atoms with Crippen molar-refractivity contribution in [2.24, 2.45) is 0 Å². The first-order valence-electron chi connectivity index (χ1n) is 13.5. The Morgan fingerprint density at radius 2 is 1.85 bits per heavy atom. The van der Waals surface area contributed by atoms with Crippen molar-refractivity contribution < 1.29 is 14.3 Å². The van der Waals surface area contributed by atoms with E-state index in [2.05, 4.69) is 70.3 Å². The molecular formula is C30H38N4O3S2. The first kappa shape index (κ1) is 27.9. The summed E-state index contributed by atoms with van der Waals surface area (Å²) in [6.45, 7) is 15.6. The van der Waals surface area contributed by atoms with Crippen LogP contribution < -0.4 is 4.90 Å². The third-order valence-corrected chi connectivity index (χ3v) is 9.57. The van der Waals surface area contributed by atoms with Gasteiger partial charge in [-0.05, 0) is 50.8 Å². The van der Waals surface area contributed by atoms with Crippen molar-refractivity contribution in [3.8, 4) is 5.69 Å². The van der Waals surface area contributed by atoms with Crippen molar-refractivity contribution in [2.75, 3.05) is 30.3 Å². The van der Waals surface area contributed by atoms with Crippen molar-refractivity contribution in [1.29, 1.82) is 0 Å². The Kier molecular flexibility index (Phi) is 7.70. The summed E-state index contributed by atoms with van der Waals surface area (Å²) in [6.07, 6.45) is -0.0832. The number of amides is 2. The molecule has 2 aliphatic rings. The van der Waals surface area contributed by atoms with Gasteiger partial charge in [-0.1, -0.05) is 44.5 Å². The van der Waals surface area contributed by atoms with Crippen LogP contribution in [0.3, 0.4) is 0 Å². The maximum Gasteiger partial charge on any atom is 0.242 e. The summed E-state index contributed by atoms with van der Waals surface area (Å²) >= 11 is 3.32. The summed E-state index contributed by atoms with van der Waals surface area (Å²) in [4.78, 5) is 32.4. The number of thiophene rings is 1. The van der Waals surface area contributed by atoms with Crippen LogP contribution in [-0.2, 0) is 19.7 Å². The number of carbonyl (C=O) groups is 2. The molecule has 0 radical (unpaired) electrons. The number of thioether (sulfide) groups is 1. The fourth-order valence-electron chi connectivity index (χ4n) is 5.57. The van der Waals surface area contributed by atoms with Gasteiger partial charge >= 0.3 is 0 Å². The van der Waals surface area contributed by atoms with E-state index in [1.807, 2.05) is 23.4 Å². The van der Waals surface area contributed by atoms with Crippen molar-refractivity contribution in [1.82, 2.24) is 14.7 Å². The lowest BCUT2D eigenvalue weighted by Crippen LogP contribution is -2.52. The number of aromatic nitrogens is 2. The van der Waals surface area contributed by atoms with Gasteiger partial charge < -0.3 is 9.64 Å². The quantitative estimate of drug-likeness (QED) is 0.408. The van der Waals surface area contributed by atoms with E-state index in [0.717, 1.165) is 28.1 Å². The fourth-order valence-corrected chi connectivity index (χ4v) is 7.74. The molecule has 5 rings (SSSR count). The van der Waals surface area contributed by atoms with Crippen LogP contribution in [0.5, 0.6) is 0 Å². The van der Waals surface area contributed by atoms with Crippen molar-refractivity contribution in [3.63, 3.8) is 0 Å². The van der Waals surface area contributed by atoms with Crippen LogP contribution in [0.2, 0.25) is 0 Å². The van der Waals surface area contributed by atoms with Gasteiger partial charge in [0.25, 0.3) is 0 Å². The number of carbonyl (C=O) groups excluding carboxylic acids is 2. The molecule has 9 heteroatoms. The molecule has 7 nitrogen and oxygen atoms in total. The topological polar surface area (TPSA) is 67.7 Å². The van der Waals surface area contributed by atoms with Gasteiger partial charge in [0.05, 0.1) is 34.6 Å². The largest absolute Gasteiger partial charge is 0.372 e. The predicted octanol–water partition coefficient (Wildman–Crippen LogP) is 5.65. The molecule has 0 aliphatic carbocycles. The molecule has 3 atom stereocenters. The summed E-state index contributed by atoms with van der Waals surface area (Å²) < 4.78 is 7.78. The maximum atomic E-state index is 13.9. The Morgan fingerprint density at radius 3 is 2.46 bits per heavy atom. The number of morpholine rings is 1. The molecule has 2 aliphatic heterocycles. The second kappa shape index (κ2) is 10.7. The molecule has 2 aromatic heterocycles. The Labute approximate surface area is 239 Å². The molecule has 0 N–H and O–H groups in total. The minimum Gasteiger partial charge on any atom is -0.372 e. The van der Waals surface area contributed by atoms with E-state index >= 15 is 0 Å². The lowest BCUT2D eigenvalue weighted by atomic mass is 9.88. The van der Waals surface area contributed by atoms with Gasteiger partial charge in [0, 0.05) is 28.9 Å². The molecule has 208 valence electrons. The Hall–Kier alpha value is -2.62. The molecule has 0 bridgehead atoms. The number of anilines is 1. The molecule has 1 fully saturated rings. The molecule has 0 spiro atoms. The standard InChI is InChI=1S/C30H38N4O3S2/c1-18-10-11-22(19(2)13-18)34-29-26(28(31-34)30(5,6)7)27(23-9-8-12-38-23)39-17-25(36)33(29)16-24(35)32-14-20(3)37-21(4)15-32/h8-13,20-21,27H,14-17H2,1-7H3. The monoisotopic (exact) mass is 566 g/mol. The van der Waals surface area contributed by atoms with Crippen LogP contribution in [0.15, 0.2) is 35.7 Å². The van der Waals surface area contributed by atoms with Gasteiger partial charge in [-0.25, -0.2) is 4.68 Å². The molecule has 1 aromatic carbocycles. The number of aryl methyl sites for hydroxylation is 2. The molecule has 39 heavy (non-hydrogen) atoms. The number of rotatable bonds is 4. The highest BCUT2D eigenvalue weighted by molar-refractivity contribution is 8.00. The average Bonchev–Trinajstić information content (AvgIpc) is 3.48. The van der Waals surface area contributed by atoms with Gasteiger partial charge in [0.2, 0.25) is 11.8 Å². The third kappa shape index (κ3) is 5.54. The number of benzene rings is 1. The van der Waals surface area contributed by atoms with Crippen LogP contribution in [0.1, 0.15) is 67.1 Å². The molecule has 1 saturated heterocycles. The Balaban J connectivity index is 1.71.